The molecule has 0 saturated carbocycles. The van der Waals surface area contributed by atoms with Crippen LogP contribution < -0.4 is 4.90 Å². The van der Waals surface area contributed by atoms with E-state index < -0.39 is 6.10 Å². The van der Waals surface area contributed by atoms with E-state index in [1.165, 1.54) is 12.8 Å². The SMILES string of the molecule is CC(C)C1CCCN1c1ncccc1[C@@H](C)O. The van der Waals surface area contributed by atoms with Gasteiger partial charge in [0.1, 0.15) is 5.82 Å². The van der Waals surface area contributed by atoms with Gasteiger partial charge in [-0.15, -0.1) is 0 Å². The second-order valence-electron chi connectivity index (χ2n) is 5.24. The van der Waals surface area contributed by atoms with Crippen molar-refractivity contribution in [1.29, 1.82) is 0 Å². The van der Waals surface area contributed by atoms with Crippen molar-refractivity contribution in [2.75, 3.05) is 11.4 Å². The molecule has 1 N–H and O–H groups in total. The number of rotatable bonds is 3. The van der Waals surface area contributed by atoms with Crippen LogP contribution in [0.5, 0.6) is 0 Å². The molecule has 1 unspecified atom stereocenters. The molecule has 3 nitrogen and oxygen atoms in total. The summed E-state index contributed by atoms with van der Waals surface area (Å²) in [4.78, 5) is 6.85. The van der Waals surface area contributed by atoms with Crippen LogP contribution in [0.4, 0.5) is 5.82 Å². The largest absolute Gasteiger partial charge is 0.389 e. The van der Waals surface area contributed by atoms with Crippen LogP contribution in [0.15, 0.2) is 18.3 Å². The highest BCUT2D eigenvalue weighted by molar-refractivity contribution is 5.49. The Kier molecular flexibility index (Phi) is 3.67. The molecule has 1 aliphatic heterocycles. The second-order valence-corrected chi connectivity index (χ2v) is 5.24. The Labute approximate surface area is 103 Å². The summed E-state index contributed by atoms with van der Waals surface area (Å²) < 4.78 is 0. The summed E-state index contributed by atoms with van der Waals surface area (Å²) in [7, 11) is 0. The van der Waals surface area contributed by atoms with Crippen molar-refractivity contribution in [3.05, 3.63) is 23.9 Å². The van der Waals surface area contributed by atoms with Gasteiger partial charge in [0.15, 0.2) is 0 Å². The molecule has 0 bridgehead atoms. The number of nitrogens with zero attached hydrogens (tertiary/aromatic N) is 2. The summed E-state index contributed by atoms with van der Waals surface area (Å²) >= 11 is 0. The third-order valence-electron chi connectivity index (χ3n) is 3.61. The zero-order valence-electron chi connectivity index (χ0n) is 10.9. The van der Waals surface area contributed by atoms with Crippen molar-refractivity contribution < 1.29 is 5.11 Å². The number of aliphatic hydroxyl groups excluding tert-OH is 1. The molecule has 1 fully saturated rings. The first-order valence-electron chi connectivity index (χ1n) is 6.51. The van der Waals surface area contributed by atoms with Gasteiger partial charge in [0, 0.05) is 24.3 Å². The summed E-state index contributed by atoms with van der Waals surface area (Å²) in [6.45, 7) is 7.38. The van der Waals surface area contributed by atoms with E-state index in [0.717, 1.165) is 17.9 Å². The van der Waals surface area contributed by atoms with Gasteiger partial charge in [-0.1, -0.05) is 19.9 Å². The fourth-order valence-corrected chi connectivity index (χ4v) is 2.72. The molecule has 2 heterocycles. The van der Waals surface area contributed by atoms with Crippen molar-refractivity contribution in [1.82, 2.24) is 4.98 Å². The van der Waals surface area contributed by atoms with Crippen LogP contribution in [0.2, 0.25) is 0 Å². The number of hydrogen-bond donors (Lipinski definition) is 1. The lowest BCUT2D eigenvalue weighted by molar-refractivity contribution is 0.199. The molecular weight excluding hydrogens is 212 g/mol. The first kappa shape index (κ1) is 12.4. The van der Waals surface area contributed by atoms with Crippen LogP contribution in [-0.2, 0) is 0 Å². The maximum Gasteiger partial charge on any atom is 0.134 e. The van der Waals surface area contributed by atoms with Crippen molar-refractivity contribution in [3.63, 3.8) is 0 Å². The summed E-state index contributed by atoms with van der Waals surface area (Å²) in [5.74, 6) is 1.60. The molecular formula is C14H22N2O. The van der Waals surface area contributed by atoms with E-state index in [4.69, 9.17) is 0 Å². The molecule has 0 spiro atoms. The lowest BCUT2D eigenvalue weighted by Gasteiger charge is -2.30. The van der Waals surface area contributed by atoms with Gasteiger partial charge in [0.2, 0.25) is 0 Å². The minimum atomic E-state index is -0.452. The van der Waals surface area contributed by atoms with E-state index in [1.807, 2.05) is 18.3 Å². The minimum absolute atomic E-state index is 0.452. The summed E-state index contributed by atoms with van der Waals surface area (Å²) in [6.07, 6.45) is 3.82. The van der Waals surface area contributed by atoms with Crippen LogP contribution in [0.25, 0.3) is 0 Å². The number of anilines is 1. The lowest BCUT2D eigenvalue weighted by atomic mass is 10.0. The van der Waals surface area contributed by atoms with Gasteiger partial charge < -0.3 is 10.0 Å². The van der Waals surface area contributed by atoms with Gasteiger partial charge in [0.25, 0.3) is 0 Å². The van der Waals surface area contributed by atoms with Crippen molar-refractivity contribution in [2.45, 2.75) is 45.8 Å². The molecule has 2 rings (SSSR count). The molecule has 3 heteroatoms. The number of aromatic nitrogens is 1. The van der Waals surface area contributed by atoms with E-state index in [2.05, 4.69) is 23.7 Å². The highest BCUT2D eigenvalue weighted by atomic mass is 16.3. The maximum absolute atomic E-state index is 9.82. The van der Waals surface area contributed by atoms with E-state index >= 15 is 0 Å². The molecule has 2 atom stereocenters. The van der Waals surface area contributed by atoms with Gasteiger partial charge in [0.05, 0.1) is 6.10 Å². The number of hydrogen-bond acceptors (Lipinski definition) is 3. The molecule has 17 heavy (non-hydrogen) atoms. The summed E-state index contributed by atoms with van der Waals surface area (Å²) in [6, 6.07) is 4.43. The molecule has 94 valence electrons. The third-order valence-corrected chi connectivity index (χ3v) is 3.61. The Balaban J connectivity index is 2.33. The molecule has 1 saturated heterocycles. The molecule has 1 aromatic rings. The Hall–Kier alpha value is -1.09. The topological polar surface area (TPSA) is 36.4 Å². The quantitative estimate of drug-likeness (QED) is 0.873. The molecule has 1 aromatic heterocycles. The van der Waals surface area contributed by atoms with E-state index in [-0.39, 0.29) is 0 Å². The van der Waals surface area contributed by atoms with Gasteiger partial charge in [-0.05, 0) is 31.7 Å². The predicted octanol–water partition coefficient (Wildman–Crippen LogP) is 2.76. The first-order chi connectivity index (χ1) is 8.11. The molecule has 0 aliphatic carbocycles. The van der Waals surface area contributed by atoms with Gasteiger partial charge in [-0.2, -0.15) is 0 Å². The smallest absolute Gasteiger partial charge is 0.134 e. The minimum Gasteiger partial charge on any atom is -0.389 e. The standard InChI is InChI=1S/C14H22N2O/c1-10(2)13-7-5-9-16(13)14-12(11(3)17)6-4-8-15-14/h4,6,8,10-11,13,17H,5,7,9H2,1-3H3/t11-,13?/m1/s1. The van der Waals surface area contributed by atoms with Gasteiger partial charge in [-0.3, -0.25) is 0 Å². The Morgan fingerprint density at radius 2 is 2.18 bits per heavy atom. The maximum atomic E-state index is 9.82. The number of aliphatic hydroxyl groups is 1. The van der Waals surface area contributed by atoms with Crippen LogP contribution in [-0.4, -0.2) is 22.7 Å². The Morgan fingerprint density at radius 1 is 1.41 bits per heavy atom. The molecule has 0 aromatic carbocycles. The molecule has 0 amide bonds. The number of pyridine rings is 1. The van der Waals surface area contributed by atoms with Crippen LogP contribution in [0, 0.1) is 5.92 Å². The zero-order valence-corrected chi connectivity index (χ0v) is 10.9. The highest BCUT2D eigenvalue weighted by Gasteiger charge is 2.29. The van der Waals surface area contributed by atoms with Gasteiger partial charge in [-0.25, -0.2) is 4.98 Å². The van der Waals surface area contributed by atoms with E-state index in [0.29, 0.717) is 12.0 Å². The van der Waals surface area contributed by atoms with Crippen LogP contribution in [0.3, 0.4) is 0 Å². The Bertz CT molecular complexity index is 376. The monoisotopic (exact) mass is 234 g/mol. The highest BCUT2D eigenvalue weighted by Crippen LogP contribution is 2.32. The van der Waals surface area contributed by atoms with Crippen molar-refractivity contribution in [2.24, 2.45) is 5.92 Å². The first-order valence-corrected chi connectivity index (χ1v) is 6.51. The fourth-order valence-electron chi connectivity index (χ4n) is 2.72. The average Bonchev–Trinajstić information content (AvgIpc) is 2.77. The normalized spacial score (nSPS) is 22.2. The molecule has 0 radical (unpaired) electrons. The third kappa shape index (κ3) is 2.44. The lowest BCUT2D eigenvalue weighted by Crippen LogP contribution is -2.34. The Morgan fingerprint density at radius 3 is 2.82 bits per heavy atom. The summed E-state index contributed by atoms with van der Waals surface area (Å²) in [5, 5.41) is 9.82. The fraction of sp³-hybridized carbons (Fsp3) is 0.643. The average molecular weight is 234 g/mol. The molecule has 1 aliphatic rings. The summed E-state index contributed by atoms with van der Waals surface area (Å²) in [5.41, 5.74) is 0.944. The predicted molar refractivity (Wildman–Crippen MR) is 70.1 cm³/mol. The van der Waals surface area contributed by atoms with Gasteiger partial charge >= 0.3 is 0 Å². The second kappa shape index (κ2) is 5.05. The van der Waals surface area contributed by atoms with Crippen molar-refractivity contribution in [3.8, 4) is 0 Å². The zero-order chi connectivity index (χ0) is 12.4. The van der Waals surface area contributed by atoms with E-state index in [1.54, 1.807) is 6.92 Å². The van der Waals surface area contributed by atoms with Crippen molar-refractivity contribution >= 4 is 5.82 Å². The van der Waals surface area contributed by atoms with Crippen LogP contribution >= 0.6 is 0 Å². The van der Waals surface area contributed by atoms with Crippen LogP contribution in [0.1, 0.15) is 45.3 Å². The van der Waals surface area contributed by atoms with E-state index in [9.17, 15) is 5.11 Å².